The van der Waals surface area contributed by atoms with Crippen LogP contribution in [0.4, 0.5) is 5.69 Å². The number of ether oxygens (including phenoxy) is 3. The number of unbranched alkanes of at least 4 members (excludes halogenated alkanes) is 1. The van der Waals surface area contributed by atoms with Gasteiger partial charge in [-0.05, 0) is 57.4 Å². The molecule has 0 bridgehead atoms. The number of amides is 1. The Morgan fingerprint density at radius 3 is 2.39 bits per heavy atom. The summed E-state index contributed by atoms with van der Waals surface area (Å²) in [5, 5.41) is 14.2. The van der Waals surface area contributed by atoms with Gasteiger partial charge in [0.15, 0.2) is 0 Å². The summed E-state index contributed by atoms with van der Waals surface area (Å²) in [6, 6.07) is 13.7. The number of nitro benzene ring substituents is 1. The van der Waals surface area contributed by atoms with Crippen LogP contribution in [0.15, 0.2) is 54.6 Å². The number of nitro groups is 1. The quantitative estimate of drug-likeness (QED) is 0.0635. The van der Waals surface area contributed by atoms with Crippen LogP contribution in [0.1, 0.15) is 54.9 Å². The van der Waals surface area contributed by atoms with Crippen molar-refractivity contribution in [1.29, 1.82) is 0 Å². The molecule has 0 saturated heterocycles. The lowest BCUT2D eigenvalue weighted by Crippen LogP contribution is -2.45. The van der Waals surface area contributed by atoms with Crippen molar-refractivity contribution in [2.24, 2.45) is 0 Å². The van der Waals surface area contributed by atoms with E-state index in [1.165, 1.54) is 31.4 Å². The molecule has 0 saturated carbocycles. The van der Waals surface area contributed by atoms with E-state index in [2.05, 4.69) is 26.2 Å². The molecule has 0 radical (unpaired) electrons. The molecule has 1 aromatic carbocycles. The normalized spacial score (nSPS) is 11.5. The fraction of sp³-hybridized carbons (Fsp3) is 0.406. The molecule has 1 atom stereocenters. The van der Waals surface area contributed by atoms with Gasteiger partial charge in [-0.15, -0.1) is 0 Å². The molecule has 2 aromatic heterocycles. The summed E-state index contributed by atoms with van der Waals surface area (Å²) in [7, 11) is 1.28. The first-order chi connectivity index (χ1) is 22.2. The molecule has 0 aliphatic rings. The number of aromatic nitrogens is 2. The van der Waals surface area contributed by atoms with Crippen LogP contribution in [-0.2, 0) is 30.9 Å². The zero-order chi connectivity index (χ0) is 33.5. The van der Waals surface area contributed by atoms with E-state index in [0.29, 0.717) is 66.1 Å². The zero-order valence-corrected chi connectivity index (χ0v) is 27.7. The van der Waals surface area contributed by atoms with Gasteiger partial charge < -0.3 is 19.5 Å². The van der Waals surface area contributed by atoms with Gasteiger partial charge in [0.1, 0.15) is 11.8 Å². The summed E-state index contributed by atoms with van der Waals surface area (Å²) in [4.78, 5) is 59.7. The van der Waals surface area contributed by atoms with E-state index in [9.17, 15) is 24.5 Å². The largest absolute Gasteiger partial charge is 0.494 e. The van der Waals surface area contributed by atoms with Crippen LogP contribution in [-0.4, -0.2) is 77.1 Å². The second-order valence-electron chi connectivity index (χ2n) is 10.1. The van der Waals surface area contributed by atoms with Crippen molar-refractivity contribution in [3.63, 3.8) is 0 Å². The van der Waals surface area contributed by atoms with E-state index in [4.69, 9.17) is 19.2 Å². The molecule has 2 heterocycles. The zero-order valence-electron chi connectivity index (χ0n) is 26.1. The predicted octanol–water partition coefficient (Wildman–Crippen LogP) is 4.85. The number of non-ortho nitro benzene ring substituents is 1. The highest BCUT2D eigenvalue weighted by Crippen LogP contribution is 2.25. The Labute approximate surface area is 275 Å². The fourth-order valence-electron chi connectivity index (χ4n) is 4.62. The summed E-state index contributed by atoms with van der Waals surface area (Å²) in [5.41, 5.74) is 2.82. The van der Waals surface area contributed by atoms with Crippen molar-refractivity contribution in [3.05, 3.63) is 81.7 Å². The third-order valence-corrected chi connectivity index (χ3v) is 7.40. The second-order valence-corrected chi connectivity index (χ2v) is 10.6. The standard InChI is InChI=1S/C32H38BrN5O8/c1-4-45-26-17-24(36-28(18-26)27-10-8-9-23(19-33)35-27)20-37(21-30(39)44-3)29(32(41)46-5-2)11-6-7-16-34-31(40)22-12-14-25(15-13-22)38(42)43/h8-10,12-15,17-18,29H,4-7,11,16,19-21H2,1-3H3,(H,34,40). The number of benzene rings is 1. The lowest BCUT2D eigenvalue weighted by atomic mass is 10.1. The lowest BCUT2D eigenvalue weighted by Gasteiger charge is -2.29. The van der Waals surface area contributed by atoms with Crippen LogP contribution in [0.25, 0.3) is 11.4 Å². The molecule has 3 aromatic rings. The fourth-order valence-corrected chi connectivity index (χ4v) is 4.93. The number of pyridine rings is 2. The highest BCUT2D eigenvalue weighted by atomic mass is 79.9. The average Bonchev–Trinajstić information content (AvgIpc) is 3.06. The number of carbonyl (C=O) groups is 3. The van der Waals surface area contributed by atoms with Crippen LogP contribution in [0, 0.1) is 10.1 Å². The maximum atomic E-state index is 13.2. The summed E-state index contributed by atoms with van der Waals surface area (Å²) < 4.78 is 16.1. The number of nitrogens with zero attached hydrogens (tertiary/aromatic N) is 4. The number of hydrogen-bond donors (Lipinski definition) is 1. The van der Waals surface area contributed by atoms with E-state index in [-0.39, 0.29) is 31.3 Å². The molecule has 46 heavy (non-hydrogen) atoms. The minimum atomic E-state index is -0.805. The van der Waals surface area contributed by atoms with Gasteiger partial charge in [-0.2, -0.15) is 0 Å². The molecule has 14 heteroatoms. The van der Waals surface area contributed by atoms with Crippen molar-refractivity contribution < 1.29 is 33.5 Å². The first-order valence-electron chi connectivity index (χ1n) is 14.8. The van der Waals surface area contributed by atoms with Crippen molar-refractivity contribution in [1.82, 2.24) is 20.2 Å². The van der Waals surface area contributed by atoms with Crippen LogP contribution in [0.2, 0.25) is 0 Å². The molecule has 0 aliphatic heterocycles. The van der Waals surface area contributed by atoms with Crippen molar-refractivity contribution in [3.8, 4) is 17.1 Å². The molecule has 0 aliphatic carbocycles. The maximum absolute atomic E-state index is 13.2. The third kappa shape index (κ3) is 10.9. The second kappa shape index (κ2) is 18.5. The van der Waals surface area contributed by atoms with E-state index < -0.39 is 22.9 Å². The minimum absolute atomic E-state index is 0.102. The number of alkyl halides is 1. The van der Waals surface area contributed by atoms with E-state index >= 15 is 0 Å². The molecule has 13 nitrogen and oxygen atoms in total. The molecule has 1 unspecified atom stereocenters. The van der Waals surface area contributed by atoms with Crippen LogP contribution in [0.5, 0.6) is 5.75 Å². The number of hydrogen-bond acceptors (Lipinski definition) is 11. The summed E-state index contributed by atoms with van der Waals surface area (Å²) in [6.45, 7) is 4.40. The van der Waals surface area contributed by atoms with Gasteiger partial charge in [0.05, 0.1) is 54.6 Å². The smallest absolute Gasteiger partial charge is 0.323 e. The van der Waals surface area contributed by atoms with E-state index in [1.54, 1.807) is 24.0 Å². The SMILES string of the molecule is CCOC(=O)C(CCCCNC(=O)c1ccc([N+](=O)[O-])cc1)N(CC(=O)OC)Cc1cc(OCC)cc(-c2cccc(CBr)n2)n1. The number of methoxy groups -OCH3 is 1. The average molecular weight is 701 g/mol. The summed E-state index contributed by atoms with van der Waals surface area (Å²) in [6.07, 6.45) is 1.37. The number of esters is 2. The van der Waals surface area contributed by atoms with Gasteiger partial charge in [-0.3, -0.25) is 34.4 Å². The van der Waals surface area contributed by atoms with E-state index in [1.807, 2.05) is 25.1 Å². The highest BCUT2D eigenvalue weighted by molar-refractivity contribution is 9.08. The van der Waals surface area contributed by atoms with Crippen LogP contribution >= 0.6 is 15.9 Å². The number of halogens is 1. The lowest BCUT2D eigenvalue weighted by molar-refractivity contribution is -0.384. The number of nitrogens with one attached hydrogen (secondary N) is 1. The Bertz CT molecular complexity index is 1490. The summed E-state index contributed by atoms with van der Waals surface area (Å²) >= 11 is 3.43. The molecule has 3 rings (SSSR count). The van der Waals surface area contributed by atoms with E-state index in [0.717, 1.165) is 5.69 Å². The molecule has 0 spiro atoms. The monoisotopic (exact) mass is 699 g/mol. The molecular formula is C32H38BrN5O8. The molecular weight excluding hydrogens is 662 g/mol. The van der Waals surface area contributed by atoms with Crippen molar-refractivity contribution >= 4 is 39.5 Å². The topological polar surface area (TPSA) is 163 Å². The Balaban J connectivity index is 1.78. The van der Waals surface area contributed by atoms with Gasteiger partial charge in [0.25, 0.3) is 11.6 Å². The first kappa shape index (κ1) is 36.0. The van der Waals surface area contributed by atoms with Gasteiger partial charge in [0, 0.05) is 48.2 Å². The molecule has 1 amide bonds. The van der Waals surface area contributed by atoms with Crippen LogP contribution < -0.4 is 10.1 Å². The Kier molecular flexibility index (Phi) is 14.5. The Hall–Kier alpha value is -4.43. The van der Waals surface area contributed by atoms with Crippen molar-refractivity contribution in [2.45, 2.75) is 51.0 Å². The Morgan fingerprint density at radius 1 is 1.00 bits per heavy atom. The molecule has 1 N–H and O–H groups in total. The predicted molar refractivity (Wildman–Crippen MR) is 173 cm³/mol. The van der Waals surface area contributed by atoms with Gasteiger partial charge in [-0.1, -0.05) is 22.0 Å². The van der Waals surface area contributed by atoms with Crippen molar-refractivity contribution in [2.75, 3.05) is 33.4 Å². The third-order valence-electron chi connectivity index (χ3n) is 6.82. The van der Waals surface area contributed by atoms with Gasteiger partial charge in [-0.25, -0.2) is 4.98 Å². The Morgan fingerprint density at radius 2 is 1.74 bits per heavy atom. The molecule has 0 fully saturated rings. The number of carbonyl (C=O) groups excluding carboxylic acids is 3. The highest BCUT2D eigenvalue weighted by Gasteiger charge is 2.30. The van der Waals surface area contributed by atoms with Crippen LogP contribution in [0.3, 0.4) is 0 Å². The summed E-state index contributed by atoms with van der Waals surface area (Å²) in [5.74, 6) is -0.814. The van der Waals surface area contributed by atoms with Gasteiger partial charge >= 0.3 is 11.9 Å². The molecule has 246 valence electrons. The van der Waals surface area contributed by atoms with Gasteiger partial charge in [0.2, 0.25) is 0 Å². The number of rotatable bonds is 18. The minimum Gasteiger partial charge on any atom is -0.494 e. The maximum Gasteiger partial charge on any atom is 0.323 e. The first-order valence-corrected chi connectivity index (χ1v) is 16.0.